The minimum atomic E-state index is -0.559. The van der Waals surface area contributed by atoms with E-state index in [0.29, 0.717) is 43.1 Å². The van der Waals surface area contributed by atoms with Crippen LogP contribution in [-0.2, 0) is 31.9 Å². The number of allylic oxidation sites excluding steroid dienone is 1. The summed E-state index contributed by atoms with van der Waals surface area (Å²) in [5.41, 5.74) is 4.36. The maximum atomic E-state index is 12.7. The number of anilines is 2. The number of hydrogen-bond donors (Lipinski definition) is 2. The second-order valence-electron chi connectivity index (χ2n) is 14.4. The molecule has 53 heavy (non-hydrogen) atoms. The van der Waals surface area contributed by atoms with Crippen LogP contribution in [0, 0.1) is 12.3 Å². The summed E-state index contributed by atoms with van der Waals surface area (Å²) in [5.74, 6) is 1.66. The molecule has 0 bridgehead atoms. The van der Waals surface area contributed by atoms with E-state index in [1.165, 1.54) is 0 Å². The Hall–Kier alpha value is -5.80. The number of alkyl carbamates (subject to hydrolysis) is 1. The number of nitrogens with one attached hydrogen (secondary N) is 2. The van der Waals surface area contributed by atoms with Gasteiger partial charge in [0.1, 0.15) is 17.2 Å². The number of amides is 1. The van der Waals surface area contributed by atoms with Crippen molar-refractivity contribution in [3.05, 3.63) is 114 Å². The van der Waals surface area contributed by atoms with Crippen LogP contribution in [0.4, 0.5) is 16.3 Å². The number of esters is 1. The first kappa shape index (κ1) is 41.6. The minimum Gasteiger partial charge on any atom is -0.493 e. The molecule has 0 aliphatic rings. The predicted molar refractivity (Wildman–Crippen MR) is 204 cm³/mol. The predicted octanol–water partition coefficient (Wildman–Crippen LogP) is 8.45. The summed E-state index contributed by atoms with van der Waals surface area (Å²) < 4.78 is 16.8. The van der Waals surface area contributed by atoms with Crippen molar-refractivity contribution in [2.45, 2.75) is 79.4 Å². The van der Waals surface area contributed by atoms with Crippen LogP contribution in [0.5, 0.6) is 5.75 Å². The Balaban J connectivity index is 0.00000243. The fraction of sp³-hybridized carbons (Fsp3) is 0.357. The van der Waals surface area contributed by atoms with Gasteiger partial charge in [-0.2, -0.15) is 9.59 Å². The molecule has 0 spiro atoms. The van der Waals surface area contributed by atoms with Crippen LogP contribution < -0.4 is 15.4 Å². The lowest BCUT2D eigenvalue weighted by atomic mass is 9.83. The first-order valence-corrected chi connectivity index (χ1v) is 17.4. The topological polar surface area (TPSA) is 146 Å². The van der Waals surface area contributed by atoms with Gasteiger partial charge < -0.3 is 24.8 Å². The van der Waals surface area contributed by atoms with E-state index in [9.17, 15) is 9.59 Å². The summed E-state index contributed by atoms with van der Waals surface area (Å²) in [6.45, 7) is 18.3. The van der Waals surface area contributed by atoms with Crippen LogP contribution in [0.1, 0.15) is 75.1 Å². The molecule has 11 nitrogen and oxygen atoms in total. The molecule has 3 aromatic carbocycles. The molecule has 1 aromatic heterocycles. The lowest BCUT2D eigenvalue weighted by Crippen LogP contribution is -2.47. The Bertz CT molecular complexity index is 1820. The Kier molecular flexibility index (Phi) is 15.5. The normalized spacial score (nSPS) is 11.5. The highest BCUT2D eigenvalue weighted by Gasteiger charge is 2.28. The van der Waals surface area contributed by atoms with Crippen LogP contribution >= 0.6 is 0 Å². The van der Waals surface area contributed by atoms with E-state index >= 15 is 0 Å². The van der Waals surface area contributed by atoms with E-state index in [2.05, 4.69) is 38.0 Å². The monoisotopic (exact) mass is 722 g/mol. The third-order valence-electron chi connectivity index (χ3n) is 7.87. The van der Waals surface area contributed by atoms with Gasteiger partial charge in [0.05, 0.1) is 18.8 Å². The van der Waals surface area contributed by atoms with E-state index in [0.717, 1.165) is 33.8 Å². The maximum Gasteiger partial charge on any atom is 0.407 e. The fourth-order valence-electron chi connectivity index (χ4n) is 5.11. The van der Waals surface area contributed by atoms with Gasteiger partial charge in [0.2, 0.25) is 0 Å². The van der Waals surface area contributed by atoms with Crippen molar-refractivity contribution >= 4 is 29.7 Å². The molecule has 1 atom stereocenters. The summed E-state index contributed by atoms with van der Waals surface area (Å²) >= 11 is 0. The number of carbonyl (C=O) groups is 2. The van der Waals surface area contributed by atoms with Crippen molar-refractivity contribution in [3.63, 3.8) is 0 Å². The fourth-order valence-corrected chi connectivity index (χ4v) is 5.11. The molecule has 2 N–H and O–H groups in total. The lowest BCUT2D eigenvalue weighted by Gasteiger charge is -2.32. The van der Waals surface area contributed by atoms with Crippen LogP contribution in [-0.4, -0.2) is 53.0 Å². The number of rotatable bonds is 14. The Morgan fingerprint density at radius 3 is 2.11 bits per heavy atom. The second kappa shape index (κ2) is 19.7. The standard InChI is InChI=1S/C41H50N4O5.CO2/c1-9-14-34-28(2)42-36(30-15-11-10-12-16-30)45-37(34)43-32-21-19-31(20-22-32)38(46)49-26-13-25-48-33-23-17-29(18-24-33)27-35(40(3,4)5)44-39(47)50-41(6,7)8;2-1-3/h9-12,15-24,35H,1,13-14,25-27H2,2-8H3,(H,44,47)(H,42,43,45);/t35-;/m0./s1. The van der Waals surface area contributed by atoms with Crippen molar-refractivity contribution in [2.75, 3.05) is 18.5 Å². The molecule has 0 saturated heterocycles. The molecule has 4 aromatic rings. The Labute approximate surface area is 312 Å². The minimum absolute atomic E-state index is 0.114. The van der Waals surface area contributed by atoms with Crippen LogP contribution in [0.25, 0.3) is 11.4 Å². The average molecular weight is 723 g/mol. The average Bonchev–Trinajstić information content (AvgIpc) is 3.09. The molecule has 0 saturated carbocycles. The number of ether oxygens (including phenoxy) is 3. The third kappa shape index (κ3) is 14.0. The lowest BCUT2D eigenvalue weighted by molar-refractivity contribution is -0.191. The van der Waals surface area contributed by atoms with Gasteiger partial charge in [-0.1, -0.05) is 69.3 Å². The van der Waals surface area contributed by atoms with Gasteiger partial charge in [-0.15, -0.1) is 6.58 Å². The zero-order valence-corrected chi connectivity index (χ0v) is 31.7. The zero-order valence-electron chi connectivity index (χ0n) is 31.7. The van der Waals surface area contributed by atoms with Gasteiger partial charge in [-0.25, -0.2) is 19.6 Å². The second-order valence-corrected chi connectivity index (χ2v) is 14.4. The van der Waals surface area contributed by atoms with Gasteiger partial charge in [0, 0.05) is 35.0 Å². The van der Waals surface area contributed by atoms with E-state index in [1.54, 1.807) is 12.1 Å². The largest absolute Gasteiger partial charge is 0.493 e. The molecule has 0 aliphatic carbocycles. The Morgan fingerprint density at radius 1 is 0.887 bits per heavy atom. The molecular weight excluding hydrogens is 672 g/mol. The maximum absolute atomic E-state index is 12.7. The number of aryl methyl sites for hydroxylation is 1. The quantitative estimate of drug-likeness (QED) is 0.0739. The van der Waals surface area contributed by atoms with Gasteiger partial charge >= 0.3 is 18.2 Å². The van der Waals surface area contributed by atoms with E-state index in [4.69, 9.17) is 33.8 Å². The summed E-state index contributed by atoms with van der Waals surface area (Å²) in [4.78, 5) is 50.9. The molecule has 0 fully saturated rings. The van der Waals surface area contributed by atoms with Crippen molar-refractivity contribution < 1.29 is 33.4 Å². The summed E-state index contributed by atoms with van der Waals surface area (Å²) in [5, 5.41) is 6.42. The van der Waals surface area contributed by atoms with Crippen LogP contribution in [0.2, 0.25) is 0 Å². The molecule has 1 amide bonds. The molecule has 0 radical (unpaired) electrons. The van der Waals surface area contributed by atoms with E-state index in [-0.39, 0.29) is 24.2 Å². The number of nitrogens with zero attached hydrogens (tertiary/aromatic N) is 2. The molecule has 280 valence electrons. The van der Waals surface area contributed by atoms with E-state index < -0.39 is 17.7 Å². The van der Waals surface area contributed by atoms with Gasteiger partial charge in [-0.3, -0.25) is 0 Å². The molecule has 0 unspecified atom stereocenters. The zero-order chi connectivity index (χ0) is 39.0. The van der Waals surface area contributed by atoms with Gasteiger partial charge in [-0.05, 0) is 87.9 Å². The summed E-state index contributed by atoms with van der Waals surface area (Å²) in [7, 11) is 0. The SMILES string of the molecule is C=CCc1c(C)nc(-c2ccccc2)nc1Nc1ccc(C(=O)OCCCOc2ccc(C[C@H](NC(=O)OC(C)(C)C)C(C)(C)C)cc2)cc1.O=C=O. The van der Waals surface area contributed by atoms with Crippen molar-refractivity contribution in [1.29, 1.82) is 0 Å². The highest BCUT2D eigenvalue weighted by atomic mass is 16.6. The highest BCUT2D eigenvalue weighted by molar-refractivity contribution is 5.90. The third-order valence-corrected chi connectivity index (χ3v) is 7.87. The van der Waals surface area contributed by atoms with E-state index in [1.807, 2.05) is 101 Å². The molecule has 1 heterocycles. The van der Waals surface area contributed by atoms with Gasteiger partial charge in [0.25, 0.3) is 0 Å². The summed E-state index contributed by atoms with van der Waals surface area (Å²) in [6.07, 6.45) is 3.48. The van der Waals surface area contributed by atoms with Crippen molar-refractivity contribution in [3.8, 4) is 17.1 Å². The molecular formula is C42H50N4O7. The molecule has 11 heteroatoms. The number of carbonyl (C=O) groups excluding carboxylic acids is 4. The smallest absolute Gasteiger partial charge is 0.407 e. The summed E-state index contributed by atoms with van der Waals surface area (Å²) in [6, 6.07) is 24.7. The number of benzene rings is 3. The van der Waals surface area contributed by atoms with Crippen LogP contribution in [0.15, 0.2) is 91.5 Å². The van der Waals surface area contributed by atoms with Crippen molar-refractivity contribution in [1.82, 2.24) is 15.3 Å². The first-order chi connectivity index (χ1) is 25.1. The van der Waals surface area contributed by atoms with Crippen molar-refractivity contribution in [2.24, 2.45) is 5.41 Å². The number of aromatic nitrogens is 2. The molecule has 4 rings (SSSR count). The Morgan fingerprint density at radius 2 is 1.53 bits per heavy atom. The first-order valence-electron chi connectivity index (χ1n) is 17.4. The molecule has 0 aliphatic heterocycles. The van der Waals surface area contributed by atoms with Crippen LogP contribution in [0.3, 0.4) is 0 Å². The van der Waals surface area contributed by atoms with Gasteiger partial charge in [0.15, 0.2) is 5.82 Å². The number of hydrogen-bond acceptors (Lipinski definition) is 10. The highest BCUT2D eigenvalue weighted by Crippen LogP contribution is 2.27.